The molecule has 0 fully saturated rings. The van der Waals surface area contributed by atoms with Gasteiger partial charge in [-0.2, -0.15) is 18.3 Å². The molecule has 0 aliphatic carbocycles. The molecule has 4 N–H and O–H groups in total. The predicted molar refractivity (Wildman–Crippen MR) is 32.8 cm³/mol. The van der Waals surface area contributed by atoms with E-state index in [1.54, 1.807) is 12.3 Å². The van der Waals surface area contributed by atoms with E-state index < -0.39 is 12.1 Å². The molecular weight excluding hydrogens is 191 g/mol. The number of aromatic nitrogens is 2. The molecule has 0 aliphatic rings. The van der Waals surface area contributed by atoms with E-state index in [1.807, 2.05) is 0 Å². The fraction of sp³-hybridized carbons (Fsp3) is 0.200. The monoisotopic (exact) mass is 197 g/mol. The minimum absolute atomic E-state index is 0.662. The molecule has 1 aromatic rings. The second kappa shape index (κ2) is 4.33. The van der Waals surface area contributed by atoms with Gasteiger partial charge in [0.1, 0.15) is 5.97 Å². The quantitative estimate of drug-likeness (QED) is 0.541. The maximum atomic E-state index is 10.5. The van der Waals surface area contributed by atoms with Crippen molar-refractivity contribution in [1.29, 1.82) is 0 Å². The lowest BCUT2D eigenvalue weighted by molar-refractivity contribution is -0.447. The number of rotatable bonds is 0. The fourth-order valence-corrected chi connectivity index (χ4v) is 0.298. The topological polar surface area (TPSA) is 96.1 Å². The fourth-order valence-electron chi connectivity index (χ4n) is 0.298. The number of anilines is 1. The van der Waals surface area contributed by atoms with Gasteiger partial charge in [-0.3, -0.25) is 0 Å². The van der Waals surface area contributed by atoms with Crippen LogP contribution in [0.1, 0.15) is 0 Å². The molecule has 5 nitrogen and oxygen atoms in total. The van der Waals surface area contributed by atoms with Crippen LogP contribution in [0.15, 0.2) is 12.3 Å². The van der Waals surface area contributed by atoms with E-state index in [4.69, 9.17) is 15.6 Å². The first-order valence-corrected chi connectivity index (χ1v) is 2.92. The molecule has 0 unspecified atom stereocenters. The van der Waals surface area contributed by atoms with Gasteiger partial charge in [0.25, 0.3) is 0 Å². The summed E-state index contributed by atoms with van der Waals surface area (Å²) in [6, 6.07) is 1.75. The second-order valence-electron chi connectivity index (χ2n) is 1.84. The number of halogens is 3. The number of H-pyrrole nitrogens is 2. The number of carbonyl (C=O) groups excluding carboxylic acids is 1. The van der Waals surface area contributed by atoms with Crippen molar-refractivity contribution >= 4 is 11.8 Å². The Morgan fingerprint density at radius 1 is 1.62 bits per heavy atom. The summed E-state index contributed by atoms with van der Waals surface area (Å²) in [5.74, 6) is -2.34. The zero-order valence-electron chi connectivity index (χ0n) is 6.18. The van der Waals surface area contributed by atoms with Crippen LogP contribution in [0.25, 0.3) is 0 Å². The van der Waals surface area contributed by atoms with Crippen LogP contribution in [0.3, 0.4) is 0 Å². The number of nitrogens with two attached hydrogens (primary N) is 1. The molecule has 0 bridgehead atoms. The standard InChI is InChI=1S/C3H5N3.C2HF3O2/c4-3-1-2-5-6-3;3-2(4,5)1(6)7/h1-2H,(H3,4,5,6);(H,6,7). The third-order valence-electron chi connectivity index (χ3n) is 0.794. The summed E-state index contributed by atoms with van der Waals surface area (Å²) >= 11 is 0. The first-order valence-electron chi connectivity index (χ1n) is 2.92. The minimum Gasteiger partial charge on any atom is -0.542 e. The van der Waals surface area contributed by atoms with Crippen LogP contribution in [0, 0.1) is 0 Å². The Morgan fingerprint density at radius 3 is 2.15 bits per heavy atom. The summed E-state index contributed by atoms with van der Waals surface area (Å²) in [6.45, 7) is 0. The van der Waals surface area contributed by atoms with Gasteiger partial charge in [-0.15, -0.1) is 5.10 Å². The van der Waals surface area contributed by atoms with Gasteiger partial charge < -0.3 is 15.6 Å². The maximum absolute atomic E-state index is 10.5. The Labute approximate surface area is 70.4 Å². The largest absolute Gasteiger partial charge is 0.542 e. The van der Waals surface area contributed by atoms with Crippen molar-refractivity contribution in [2.75, 3.05) is 5.73 Å². The number of aromatic amines is 2. The maximum Gasteiger partial charge on any atom is 0.430 e. The summed E-state index contributed by atoms with van der Waals surface area (Å²) in [7, 11) is 0. The molecule has 0 amide bonds. The number of hydrogen-bond donors (Lipinski definition) is 2. The van der Waals surface area contributed by atoms with E-state index >= 15 is 0 Å². The van der Waals surface area contributed by atoms with Crippen LogP contribution in [-0.2, 0) is 4.79 Å². The van der Waals surface area contributed by atoms with Crippen molar-refractivity contribution in [3.8, 4) is 0 Å². The minimum atomic E-state index is -5.19. The Hall–Kier alpha value is -1.73. The molecule has 1 rings (SSSR count). The van der Waals surface area contributed by atoms with E-state index in [0.29, 0.717) is 5.82 Å². The van der Waals surface area contributed by atoms with Crippen LogP contribution in [0.2, 0.25) is 0 Å². The number of hydrogen-bond acceptors (Lipinski definition) is 3. The summed E-state index contributed by atoms with van der Waals surface area (Å²) in [4.78, 5) is 8.78. The van der Waals surface area contributed by atoms with E-state index in [0.717, 1.165) is 0 Å². The van der Waals surface area contributed by atoms with Gasteiger partial charge >= 0.3 is 6.18 Å². The molecule has 1 heterocycles. The van der Waals surface area contributed by atoms with Gasteiger partial charge in [-0.25, -0.2) is 0 Å². The highest BCUT2D eigenvalue weighted by atomic mass is 19.4. The van der Waals surface area contributed by atoms with Crippen molar-refractivity contribution in [2.45, 2.75) is 6.18 Å². The van der Waals surface area contributed by atoms with E-state index in [2.05, 4.69) is 10.2 Å². The molecule has 1 aromatic heterocycles. The van der Waals surface area contributed by atoms with Crippen LogP contribution in [-0.4, -0.2) is 17.2 Å². The number of carboxylic acids is 1. The molecular formula is C5H6F3N3O2. The molecule has 0 saturated carbocycles. The molecule has 0 spiro atoms. The lowest BCUT2D eigenvalue weighted by atomic mass is 10.7. The van der Waals surface area contributed by atoms with Gasteiger partial charge in [0.15, 0.2) is 12.0 Å². The molecule has 8 heteroatoms. The van der Waals surface area contributed by atoms with Gasteiger partial charge in [0, 0.05) is 6.07 Å². The van der Waals surface area contributed by atoms with Gasteiger partial charge in [0.05, 0.1) is 0 Å². The third-order valence-corrected chi connectivity index (χ3v) is 0.794. The molecule has 13 heavy (non-hydrogen) atoms. The Bertz CT molecular complexity index is 256. The average Bonchev–Trinajstić information content (AvgIpc) is 2.38. The van der Waals surface area contributed by atoms with E-state index in [1.165, 1.54) is 0 Å². The lowest BCUT2D eigenvalue weighted by Crippen LogP contribution is -2.37. The van der Waals surface area contributed by atoms with Crippen LogP contribution in [0.4, 0.5) is 19.0 Å². The number of alkyl halides is 3. The number of carboxylic acid groups (broad SMARTS) is 1. The zero-order valence-corrected chi connectivity index (χ0v) is 6.18. The third kappa shape index (κ3) is 5.53. The van der Waals surface area contributed by atoms with E-state index in [9.17, 15) is 13.2 Å². The first-order chi connectivity index (χ1) is 5.84. The van der Waals surface area contributed by atoms with Crippen molar-refractivity contribution in [2.24, 2.45) is 0 Å². The van der Waals surface area contributed by atoms with Gasteiger partial charge in [-0.1, -0.05) is 0 Å². The van der Waals surface area contributed by atoms with Gasteiger partial charge in [-0.05, 0) is 0 Å². The Morgan fingerprint density at radius 2 is 2.08 bits per heavy atom. The first kappa shape index (κ1) is 11.3. The highest BCUT2D eigenvalue weighted by molar-refractivity contribution is 5.70. The van der Waals surface area contributed by atoms with Gasteiger partial charge in [0.2, 0.25) is 0 Å². The van der Waals surface area contributed by atoms with Crippen LogP contribution in [0.5, 0.6) is 0 Å². The van der Waals surface area contributed by atoms with Crippen molar-refractivity contribution < 1.29 is 28.2 Å². The smallest absolute Gasteiger partial charge is 0.430 e. The summed E-state index contributed by atoms with van der Waals surface area (Å²) in [5, 5.41) is 14.1. The van der Waals surface area contributed by atoms with E-state index in [-0.39, 0.29) is 0 Å². The number of carbonyl (C=O) groups is 1. The molecule has 74 valence electrons. The number of aliphatic carboxylic acids is 1. The van der Waals surface area contributed by atoms with Crippen molar-refractivity contribution in [1.82, 2.24) is 5.10 Å². The number of nitrogen functional groups attached to an aromatic ring is 1. The highest BCUT2D eigenvalue weighted by Crippen LogP contribution is 2.11. The summed E-state index contributed by atoms with van der Waals surface area (Å²) < 4.78 is 31.5. The predicted octanol–water partition coefficient (Wildman–Crippen LogP) is -1.29. The zero-order chi connectivity index (χ0) is 10.5. The lowest BCUT2D eigenvalue weighted by Gasteiger charge is -2.03. The normalized spacial score (nSPS) is 10.1. The molecule has 0 radical (unpaired) electrons. The summed E-state index contributed by atoms with van der Waals surface area (Å²) in [5.41, 5.74) is 5.19. The molecule has 0 saturated heterocycles. The summed E-state index contributed by atoms with van der Waals surface area (Å²) in [6.07, 6.45) is -3.46. The second-order valence-corrected chi connectivity index (χ2v) is 1.84. The van der Waals surface area contributed by atoms with Crippen LogP contribution >= 0.6 is 0 Å². The Balaban J connectivity index is 0.000000223. The average molecular weight is 197 g/mol. The SMILES string of the molecule is Nc1cc[nH+][nH]1.O=C([O-])C(F)(F)F. The highest BCUT2D eigenvalue weighted by Gasteiger charge is 2.28. The van der Waals surface area contributed by atoms with Crippen LogP contribution < -0.4 is 15.9 Å². The van der Waals surface area contributed by atoms with Crippen molar-refractivity contribution in [3.63, 3.8) is 0 Å². The number of nitrogens with one attached hydrogen (secondary N) is 2. The Kier molecular flexibility index (Phi) is 3.76. The van der Waals surface area contributed by atoms with Crippen molar-refractivity contribution in [3.05, 3.63) is 12.3 Å². The molecule has 0 aliphatic heterocycles. The molecule has 0 atom stereocenters. The molecule has 0 aromatic carbocycles.